The van der Waals surface area contributed by atoms with Crippen LogP contribution in [0.15, 0.2) is 36.9 Å². The third-order valence-electron chi connectivity index (χ3n) is 2.80. The fraction of sp³-hybridized carbons (Fsp3) is 0.286. The monoisotopic (exact) mass is 258 g/mol. The third-order valence-corrected chi connectivity index (χ3v) is 2.80. The Hall–Kier alpha value is -2.30. The molecule has 100 valence electrons. The average Bonchev–Trinajstić information content (AvgIpc) is 2.86. The van der Waals surface area contributed by atoms with Crippen molar-refractivity contribution in [1.82, 2.24) is 14.9 Å². The number of aryl methyl sites for hydroxylation is 2. The van der Waals surface area contributed by atoms with Gasteiger partial charge in [-0.25, -0.2) is 4.98 Å². The van der Waals surface area contributed by atoms with Gasteiger partial charge in [-0.05, 0) is 37.1 Å². The molecule has 0 fully saturated rings. The zero-order valence-electron chi connectivity index (χ0n) is 11.0. The topological polar surface area (TPSA) is 72.9 Å². The van der Waals surface area contributed by atoms with Crippen molar-refractivity contribution in [2.45, 2.75) is 19.9 Å². The predicted octanol–water partition coefficient (Wildman–Crippen LogP) is 1.59. The van der Waals surface area contributed by atoms with E-state index >= 15 is 0 Å². The Morgan fingerprint density at radius 2 is 2.26 bits per heavy atom. The molecule has 0 unspecified atom stereocenters. The van der Waals surface area contributed by atoms with Gasteiger partial charge in [0.05, 0.1) is 6.33 Å². The molecule has 0 atom stereocenters. The van der Waals surface area contributed by atoms with E-state index in [-0.39, 0.29) is 5.91 Å². The summed E-state index contributed by atoms with van der Waals surface area (Å²) < 4.78 is 1.98. The van der Waals surface area contributed by atoms with Gasteiger partial charge in [0.1, 0.15) is 0 Å². The summed E-state index contributed by atoms with van der Waals surface area (Å²) in [6, 6.07) is 5.37. The first-order valence-electron chi connectivity index (χ1n) is 6.26. The second-order valence-electron chi connectivity index (χ2n) is 4.54. The van der Waals surface area contributed by atoms with Gasteiger partial charge >= 0.3 is 0 Å². The third kappa shape index (κ3) is 3.84. The first-order chi connectivity index (χ1) is 9.15. The van der Waals surface area contributed by atoms with Crippen LogP contribution in [0.1, 0.15) is 22.3 Å². The number of carbonyl (C=O) groups is 1. The molecule has 0 aliphatic carbocycles. The number of imidazole rings is 1. The van der Waals surface area contributed by atoms with E-state index in [1.54, 1.807) is 18.6 Å². The maximum Gasteiger partial charge on any atom is 0.251 e. The summed E-state index contributed by atoms with van der Waals surface area (Å²) in [6.07, 6.45) is 6.28. The van der Waals surface area contributed by atoms with Crippen LogP contribution < -0.4 is 11.1 Å². The zero-order valence-corrected chi connectivity index (χ0v) is 11.0. The van der Waals surface area contributed by atoms with E-state index < -0.39 is 0 Å². The van der Waals surface area contributed by atoms with Crippen molar-refractivity contribution in [3.63, 3.8) is 0 Å². The lowest BCUT2D eigenvalue weighted by Gasteiger charge is -2.07. The fourth-order valence-corrected chi connectivity index (χ4v) is 1.93. The molecule has 3 N–H and O–H groups in total. The molecule has 2 rings (SSSR count). The minimum absolute atomic E-state index is 0.0824. The molecule has 5 nitrogen and oxygen atoms in total. The number of aromatic nitrogens is 2. The van der Waals surface area contributed by atoms with Crippen LogP contribution in [0.25, 0.3) is 0 Å². The quantitative estimate of drug-likeness (QED) is 0.632. The summed E-state index contributed by atoms with van der Waals surface area (Å²) in [4.78, 5) is 15.9. The maximum atomic E-state index is 11.9. The first-order valence-corrected chi connectivity index (χ1v) is 6.26. The second kappa shape index (κ2) is 6.04. The summed E-state index contributed by atoms with van der Waals surface area (Å²) in [5.74, 6) is -0.0824. The van der Waals surface area contributed by atoms with Gasteiger partial charge in [0.2, 0.25) is 0 Å². The highest BCUT2D eigenvalue weighted by atomic mass is 16.1. The summed E-state index contributed by atoms with van der Waals surface area (Å²) in [7, 11) is 0. The molecule has 0 aliphatic heterocycles. The van der Waals surface area contributed by atoms with Gasteiger partial charge in [0, 0.05) is 36.7 Å². The number of benzene rings is 1. The number of carbonyl (C=O) groups excluding carboxylic acids is 1. The molecule has 0 radical (unpaired) electrons. The zero-order chi connectivity index (χ0) is 13.7. The molecule has 0 spiro atoms. The number of hydrogen-bond acceptors (Lipinski definition) is 3. The Morgan fingerprint density at radius 1 is 1.42 bits per heavy atom. The standard InChI is InChI=1S/C14H18N4O/c1-11-7-12(9-13(15)8-11)14(19)17-3-2-5-18-6-4-16-10-18/h4,6-10H,2-3,5,15H2,1H3,(H,17,19). The maximum absolute atomic E-state index is 11.9. The van der Waals surface area contributed by atoms with Gasteiger partial charge < -0.3 is 15.6 Å². The summed E-state index contributed by atoms with van der Waals surface area (Å²) in [6.45, 7) is 3.40. The van der Waals surface area contributed by atoms with Gasteiger partial charge in [-0.1, -0.05) is 0 Å². The minimum Gasteiger partial charge on any atom is -0.399 e. The highest BCUT2D eigenvalue weighted by Crippen LogP contribution is 2.10. The highest BCUT2D eigenvalue weighted by Gasteiger charge is 2.05. The van der Waals surface area contributed by atoms with Crippen LogP contribution in [0.3, 0.4) is 0 Å². The smallest absolute Gasteiger partial charge is 0.251 e. The highest BCUT2D eigenvalue weighted by molar-refractivity contribution is 5.95. The van der Waals surface area contributed by atoms with E-state index in [1.165, 1.54) is 0 Å². The Labute approximate surface area is 112 Å². The van der Waals surface area contributed by atoms with Crippen LogP contribution >= 0.6 is 0 Å². The lowest BCUT2D eigenvalue weighted by molar-refractivity contribution is 0.0952. The van der Waals surface area contributed by atoms with Crippen LogP contribution in [-0.4, -0.2) is 22.0 Å². The van der Waals surface area contributed by atoms with E-state index in [4.69, 9.17) is 5.73 Å². The number of nitrogens with two attached hydrogens (primary N) is 1. The largest absolute Gasteiger partial charge is 0.399 e. The number of anilines is 1. The van der Waals surface area contributed by atoms with Gasteiger partial charge in [0.15, 0.2) is 0 Å². The van der Waals surface area contributed by atoms with Crippen LogP contribution in [0, 0.1) is 6.92 Å². The minimum atomic E-state index is -0.0824. The van der Waals surface area contributed by atoms with Gasteiger partial charge in [-0.15, -0.1) is 0 Å². The molecule has 1 heterocycles. The molecule has 1 aromatic carbocycles. The number of amides is 1. The lowest BCUT2D eigenvalue weighted by Crippen LogP contribution is -2.25. The van der Waals surface area contributed by atoms with Crippen molar-refractivity contribution in [2.24, 2.45) is 0 Å². The van der Waals surface area contributed by atoms with E-state index in [0.29, 0.717) is 17.8 Å². The van der Waals surface area contributed by atoms with Crippen LogP contribution in [0.4, 0.5) is 5.69 Å². The normalized spacial score (nSPS) is 10.4. The molecule has 2 aromatic rings. The molecule has 1 amide bonds. The second-order valence-corrected chi connectivity index (χ2v) is 4.54. The Kier molecular flexibility index (Phi) is 4.18. The van der Waals surface area contributed by atoms with Crippen molar-refractivity contribution in [3.8, 4) is 0 Å². The van der Waals surface area contributed by atoms with Crippen molar-refractivity contribution in [2.75, 3.05) is 12.3 Å². The van der Waals surface area contributed by atoms with Crippen LogP contribution in [0.5, 0.6) is 0 Å². The van der Waals surface area contributed by atoms with E-state index in [1.807, 2.05) is 29.8 Å². The number of nitrogen functional groups attached to an aromatic ring is 1. The number of nitrogens with one attached hydrogen (secondary N) is 1. The van der Waals surface area contributed by atoms with E-state index in [9.17, 15) is 4.79 Å². The summed E-state index contributed by atoms with van der Waals surface area (Å²) >= 11 is 0. The van der Waals surface area contributed by atoms with E-state index in [0.717, 1.165) is 18.5 Å². The van der Waals surface area contributed by atoms with Gasteiger partial charge in [-0.3, -0.25) is 4.79 Å². The van der Waals surface area contributed by atoms with E-state index in [2.05, 4.69) is 10.3 Å². The average molecular weight is 258 g/mol. The van der Waals surface area contributed by atoms with Gasteiger partial charge in [-0.2, -0.15) is 0 Å². The molecular formula is C14H18N4O. The molecule has 5 heteroatoms. The fourth-order valence-electron chi connectivity index (χ4n) is 1.93. The SMILES string of the molecule is Cc1cc(N)cc(C(=O)NCCCn2ccnc2)c1. The number of nitrogens with zero attached hydrogens (tertiary/aromatic N) is 2. The molecule has 19 heavy (non-hydrogen) atoms. The Morgan fingerprint density at radius 3 is 2.95 bits per heavy atom. The summed E-state index contributed by atoms with van der Waals surface area (Å²) in [5.41, 5.74) is 7.94. The van der Waals surface area contributed by atoms with Crippen molar-refractivity contribution >= 4 is 11.6 Å². The number of hydrogen-bond donors (Lipinski definition) is 2. The van der Waals surface area contributed by atoms with Crippen LogP contribution in [-0.2, 0) is 6.54 Å². The van der Waals surface area contributed by atoms with Crippen LogP contribution in [0.2, 0.25) is 0 Å². The first kappa shape index (κ1) is 13.1. The predicted molar refractivity (Wildman–Crippen MR) is 74.8 cm³/mol. The summed E-state index contributed by atoms with van der Waals surface area (Å²) in [5, 5.41) is 2.89. The molecule has 1 aromatic heterocycles. The number of rotatable bonds is 5. The van der Waals surface area contributed by atoms with Crippen molar-refractivity contribution in [1.29, 1.82) is 0 Å². The Balaban J connectivity index is 1.80. The van der Waals surface area contributed by atoms with Crippen molar-refractivity contribution in [3.05, 3.63) is 48.0 Å². The molecule has 0 saturated carbocycles. The molecule has 0 bridgehead atoms. The molecule has 0 aliphatic rings. The Bertz CT molecular complexity index is 528. The lowest BCUT2D eigenvalue weighted by atomic mass is 10.1. The molecule has 0 saturated heterocycles. The van der Waals surface area contributed by atoms with Crippen molar-refractivity contribution < 1.29 is 4.79 Å². The van der Waals surface area contributed by atoms with Gasteiger partial charge in [0.25, 0.3) is 5.91 Å². The molecular weight excluding hydrogens is 240 g/mol.